The van der Waals surface area contributed by atoms with Gasteiger partial charge >= 0.3 is 0 Å². The third kappa shape index (κ3) is 4.07. The van der Waals surface area contributed by atoms with Gasteiger partial charge in [0, 0.05) is 24.0 Å². The molecule has 2 aromatic rings. The zero-order valence-corrected chi connectivity index (χ0v) is 13.8. The van der Waals surface area contributed by atoms with E-state index in [2.05, 4.69) is 5.32 Å². The number of amides is 1. The maximum Gasteiger partial charge on any atom is 0.294 e. The number of anilines is 1. The van der Waals surface area contributed by atoms with Crippen LogP contribution in [0.1, 0.15) is 6.42 Å². The van der Waals surface area contributed by atoms with Crippen LogP contribution in [0.3, 0.4) is 0 Å². The average Bonchev–Trinajstić information content (AvgIpc) is 2.44. The van der Waals surface area contributed by atoms with Gasteiger partial charge in [-0.25, -0.2) is 0 Å². The molecule has 9 nitrogen and oxygen atoms in total. The maximum absolute atomic E-state index is 11.7. The largest absolute Gasteiger partial charge is 0.330 e. The minimum atomic E-state index is -4.60. The normalized spacial score (nSPS) is 12.3. The molecular formula is C13H14N2O7S2. The smallest absolute Gasteiger partial charge is 0.294 e. The fourth-order valence-corrected chi connectivity index (χ4v) is 3.14. The summed E-state index contributed by atoms with van der Waals surface area (Å²) in [7, 11) is -9.10. The van der Waals surface area contributed by atoms with E-state index in [1.54, 1.807) is 0 Å². The van der Waals surface area contributed by atoms with Gasteiger partial charge in [-0.1, -0.05) is 6.07 Å². The van der Waals surface area contributed by atoms with E-state index >= 15 is 0 Å². The third-order valence-electron chi connectivity index (χ3n) is 3.14. The minimum absolute atomic E-state index is 0.0132. The van der Waals surface area contributed by atoms with Gasteiger partial charge in [0.25, 0.3) is 20.2 Å². The summed E-state index contributed by atoms with van der Waals surface area (Å²) < 4.78 is 63.5. The Labute approximate surface area is 138 Å². The van der Waals surface area contributed by atoms with Crippen molar-refractivity contribution in [3.8, 4) is 0 Å². The Morgan fingerprint density at radius 2 is 1.58 bits per heavy atom. The van der Waals surface area contributed by atoms with Crippen LogP contribution in [0.4, 0.5) is 5.69 Å². The molecule has 0 unspecified atom stereocenters. The molecular weight excluding hydrogens is 360 g/mol. The first-order chi connectivity index (χ1) is 11.0. The molecule has 0 fully saturated rings. The summed E-state index contributed by atoms with van der Waals surface area (Å²) in [5, 5.41) is 2.86. The zero-order chi connectivity index (χ0) is 18.1. The molecule has 0 aliphatic rings. The van der Waals surface area contributed by atoms with E-state index in [-0.39, 0.29) is 24.0 Å². The van der Waals surface area contributed by atoms with E-state index in [0.29, 0.717) is 5.39 Å². The molecule has 130 valence electrons. The van der Waals surface area contributed by atoms with Gasteiger partial charge in [-0.2, -0.15) is 16.8 Å². The molecule has 5 N–H and O–H groups in total. The highest BCUT2D eigenvalue weighted by Crippen LogP contribution is 2.30. The highest BCUT2D eigenvalue weighted by Gasteiger charge is 2.17. The summed E-state index contributed by atoms with van der Waals surface area (Å²) in [6, 6.07) is 5.49. The van der Waals surface area contributed by atoms with Crippen molar-refractivity contribution in [1.29, 1.82) is 0 Å². The second-order valence-electron chi connectivity index (χ2n) is 4.89. The fourth-order valence-electron chi connectivity index (χ4n) is 2.08. The molecule has 0 atom stereocenters. The molecule has 1 amide bonds. The standard InChI is InChI=1S/C13H14N2O7S2/c14-4-3-13(16)15-12-7-10(24(20,21)22)6-8-5-9(23(17,18)19)1-2-11(8)12/h1-2,5-7H,3-4,14H2,(H,15,16)(H,17,18,19)(H,20,21,22). The van der Waals surface area contributed by atoms with Crippen molar-refractivity contribution in [3.05, 3.63) is 30.3 Å². The summed E-state index contributed by atoms with van der Waals surface area (Å²) in [4.78, 5) is 10.7. The van der Waals surface area contributed by atoms with E-state index in [1.165, 1.54) is 6.07 Å². The van der Waals surface area contributed by atoms with Gasteiger partial charge in [0.1, 0.15) is 0 Å². The monoisotopic (exact) mass is 374 g/mol. The second kappa shape index (κ2) is 6.45. The Morgan fingerprint density at radius 3 is 2.12 bits per heavy atom. The van der Waals surface area contributed by atoms with Crippen LogP contribution in [0, 0.1) is 0 Å². The Morgan fingerprint density at radius 1 is 1.00 bits per heavy atom. The lowest BCUT2D eigenvalue weighted by atomic mass is 10.1. The van der Waals surface area contributed by atoms with E-state index in [1.807, 2.05) is 0 Å². The van der Waals surface area contributed by atoms with Crippen LogP contribution in [0.15, 0.2) is 40.1 Å². The number of nitrogens with one attached hydrogen (secondary N) is 1. The summed E-state index contributed by atoms with van der Waals surface area (Å²) in [6.07, 6.45) is -0.0132. The molecule has 11 heteroatoms. The van der Waals surface area contributed by atoms with Gasteiger partial charge in [0.15, 0.2) is 0 Å². The van der Waals surface area contributed by atoms with Gasteiger partial charge in [-0.3, -0.25) is 13.9 Å². The average molecular weight is 374 g/mol. The zero-order valence-electron chi connectivity index (χ0n) is 12.1. The number of carbonyl (C=O) groups is 1. The first-order valence-corrected chi connectivity index (χ1v) is 9.43. The van der Waals surface area contributed by atoms with Gasteiger partial charge in [0.05, 0.1) is 9.79 Å². The van der Waals surface area contributed by atoms with Crippen LogP contribution in [0.5, 0.6) is 0 Å². The maximum atomic E-state index is 11.7. The van der Waals surface area contributed by atoms with Crippen LogP contribution in [0.25, 0.3) is 10.8 Å². The van der Waals surface area contributed by atoms with Crippen molar-refractivity contribution in [2.24, 2.45) is 5.73 Å². The molecule has 0 heterocycles. The summed E-state index contributed by atoms with van der Waals surface area (Å²) in [5.41, 5.74) is 5.33. The number of nitrogens with two attached hydrogens (primary N) is 1. The lowest BCUT2D eigenvalue weighted by Crippen LogP contribution is -2.16. The minimum Gasteiger partial charge on any atom is -0.330 e. The molecule has 0 saturated carbocycles. The van der Waals surface area contributed by atoms with E-state index in [0.717, 1.165) is 24.3 Å². The van der Waals surface area contributed by atoms with Crippen molar-refractivity contribution < 1.29 is 30.7 Å². The molecule has 0 aliphatic carbocycles. The highest BCUT2D eigenvalue weighted by molar-refractivity contribution is 7.86. The van der Waals surface area contributed by atoms with Crippen LogP contribution < -0.4 is 11.1 Å². The van der Waals surface area contributed by atoms with E-state index in [4.69, 9.17) is 10.3 Å². The molecule has 0 spiro atoms. The summed E-state index contributed by atoms with van der Waals surface area (Å²) in [5.74, 6) is -0.481. The first kappa shape index (κ1) is 18.3. The van der Waals surface area contributed by atoms with Crippen molar-refractivity contribution in [3.63, 3.8) is 0 Å². The van der Waals surface area contributed by atoms with E-state index in [9.17, 15) is 26.2 Å². The third-order valence-corrected chi connectivity index (χ3v) is 4.82. The quantitative estimate of drug-likeness (QED) is 0.553. The fraction of sp³-hybridized carbons (Fsp3) is 0.154. The lowest BCUT2D eigenvalue weighted by Gasteiger charge is -2.11. The van der Waals surface area contributed by atoms with Crippen LogP contribution in [-0.4, -0.2) is 38.4 Å². The second-order valence-corrected chi connectivity index (χ2v) is 7.73. The van der Waals surface area contributed by atoms with Gasteiger partial charge in [-0.05, 0) is 29.7 Å². The molecule has 0 aliphatic heterocycles. The Bertz CT molecular complexity index is 1010. The number of rotatable bonds is 5. The van der Waals surface area contributed by atoms with Crippen molar-refractivity contribution in [2.75, 3.05) is 11.9 Å². The lowest BCUT2D eigenvalue weighted by molar-refractivity contribution is -0.116. The number of benzene rings is 2. The number of fused-ring (bicyclic) bond motifs is 1. The predicted molar refractivity (Wildman–Crippen MR) is 85.9 cm³/mol. The van der Waals surface area contributed by atoms with Crippen LogP contribution >= 0.6 is 0 Å². The summed E-state index contributed by atoms with van der Waals surface area (Å²) in [6.45, 7) is 0.0780. The molecule has 2 rings (SSSR count). The van der Waals surface area contributed by atoms with Crippen molar-refractivity contribution in [2.45, 2.75) is 16.2 Å². The number of hydrogen-bond donors (Lipinski definition) is 4. The molecule has 0 aromatic heterocycles. The van der Waals surface area contributed by atoms with Gasteiger partial charge < -0.3 is 11.1 Å². The van der Waals surface area contributed by atoms with Crippen molar-refractivity contribution >= 4 is 42.6 Å². The molecule has 0 radical (unpaired) electrons. The van der Waals surface area contributed by atoms with Crippen LogP contribution in [0.2, 0.25) is 0 Å². The van der Waals surface area contributed by atoms with Crippen molar-refractivity contribution in [1.82, 2.24) is 0 Å². The van der Waals surface area contributed by atoms with Crippen LogP contribution in [-0.2, 0) is 25.0 Å². The number of hydrogen-bond acceptors (Lipinski definition) is 6. The first-order valence-electron chi connectivity index (χ1n) is 6.55. The topological polar surface area (TPSA) is 164 Å². The Balaban J connectivity index is 2.73. The highest BCUT2D eigenvalue weighted by atomic mass is 32.2. The molecule has 2 aromatic carbocycles. The summed E-state index contributed by atoms with van der Waals surface area (Å²) >= 11 is 0. The molecule has 0 saturated heterocycles. The Kier molecular flexibility index (Phi) is 4.92. The Hall–Kier alpha value is -2.05. The molecule has 24 heavy (non-hydrogen) atoms. The van der Waals surface area contributed by atoms with Gasteiger partial charge in [0.2, 0.25) is 5.91 Å². The number of carbonyl (C=O) groups excluding carboxylic acids is 1. The van der Waals surface area contributed by atoms with E-state index < -0.39 is 35.9 Å². The predicted octanol–water partition coefficient (Wildman–Crippen LogP) is 0.621. The SMILES string of the molecule is NCCC(=O)Nc1cc(S(=O)(=O)O)cc2cc(S(=O)(=O)O)ccc12. The van der Waals surface area contributed by atoms with Gasteiger partial charge in [-0.15, -0.1) is 0 Å². The molecule has 0 bridgehead atoms.